The summed E-state index contributed by atoms with van der Waals surface area (Å²) in [5.74, 6) is -6.72. The van der Waals surface area contributed by atoms with E-state index in [0.29, 0.717) is 44.9 Å². The van der Waals surface area contributed by atoms with E-state index in [-0.39, 0.29) is 113 Å². The maximum Gasteiger partial charge on any atom is 4.00 e. The van der Waals surface area contributed by atoms with E-state index in [1.165, 1.54) is 0 Å². The first-order chi connectivity index (χ1) is 19.4. The first-order valence-electron chi connectivity index (χ1n) is 13.8. The molecule has 0 aromatic heterocycles. The van der Waals surface area contributed by atoms with Crippen LogP contribution in [-0.4, -0.2) is 41.8 Å². The van der Waals surface area contributed by atoms with E-state index in [0.717, 1.165) is 0 Å². The van der Waals surface area contributed by atoms with Gasteiger partial charge < -0.3 is 69.3 Å². The average molecular weight is 841 g/mol. The molecule has 14 nitrogen and oxygen atoms in total. The minimum absolute atomic E-state index is 0. The molecule has 0 saturated carbocycles. The summed E-state index contributed by atoms with van der Waals surface area (Å²) in [6.45, 7) is 12.6. The second-order valence-corrected chi connectivity index (χ2v) is 7.85. The molecule has 44 heavy (non-hydrogen) atoms. The topological polar surface area (TPSA) is 281 Å². The van der Waals surface area contributed by atoms with Crippen molar-refractivity contribution in [1.82, 2.24) is 0 Å². The van der Waals surface area contributed by atoms with Crippen LogP contribution in [0.5, 0.6) is 0 Å². The number of carbonyl (C=O) groups excluding carboxylic acids is 7. The number of carbonyl (C=O) groups is 7. The number of rotatable bonds is 14. The van der Waals surface area contributed by atoms with Crippen molar-refractivity contribution in [3.05, 3.63) is 0 Å². The zero-order valence-corrected chi connectivity index (χ0v) is 32.7. The molecule has 0 aromatic rings. The molecule has 0 aromatic carbocycles. The number of aliphatic carboxylic acids is 7. The molecule has 0 spiro atoms. The third kappa shape index (κ3) is 166. The first kappa shape index (κ1) is 65.3. The van der Waals surface area contributed by atoms with E-state index in [1.807, 2.05) is 0 Å². The van der Waals surface area contributed by atoms with Crippen molar-refractivity contribution >= 4 is 41.8 Å². The zero-order valence-electron chi connectivity index (χ0n) is 27.1. The second kappa shape index (κ2) is 60.7. The Hall–Kier alpha value is -1.45. The minimum Gasteiger partial charge on any atom is -0.550 e. The van der Waals surface area contributed by atoms with Crippen molar-refractivity contribution in [3.63, 3.8) is 0 Å². The van der Waals surface area contributed by atoms with Crippen LogP contribution in [0.15, 0.2) is 0 Å². The molecule has 0 rings (SSSR count). The van der Waals surface area contributed by atoms with E-state index >= 15 is 0 Å². The summed E-state index contributed by atoms with van der Waals surface area (Å²) in [6.07, 6.45) is 5.95. The van der Waals surface area contributed by atoms with Crippen LogP contribution >= 0.6 is 0 Å². The minimum atomic E-state index is -0.961. The molecule has 0 atom stereocenters. The molecular formula is C28H49CeO14Zr. The molecule has 0 aliphatic carbocycles. The number of carboxylic acid groups (broad SMARTS) is 7. The van der Waals surface area contributed by atoms with Crippen LogP contribution < -0.4 is 35.7 Å². The predicted molar refractivity (Wildman–Crippen MR) is 139 cm³/mol. The molecule has 253 valence electrons. The van der Waals surface area contributed by atoms with Crippen molar-refractivity contribution in [2.75, 3.05) is 0 Å². The Labute approximate surface area is 314 Å². The van der Waals surface area contributed by atoms with Crippen LogP contribution in [0.4, 0.5) is 0 Å². The molecule has 0 amide bonds. The molecule has 0 bridgehead atoms. The Kier molecular flexibility index (Phi) is 90.0. The molecule has 0 aliphatic heterocycles. The van der Waals surface area contributed by atoms with Gasteiger partial charge in [-0.3, -0.25) is 0 Å². The summed E-state index contributed by atoms with van der Waals surface area (Å²) >= 11 is 0. The third-order valence-electron chi connectivity index (χ3n) is 3.18. The van der Waals surface area contributed by atoms with Gasteiger partial charge in [-0.15, -0.1) is 0 Å². The van der Waals surface area contributed by atoms with E-state index in [1.54, 1.807) is 48.5 Å². The second-order valence-electron chi connectivity index (χ2n) is 7.85. The molecule has 0 aliphatic rings. The fourth-order valence-corrected chi connectivity index (χ4v) is 1.43. The van der Waals surface area contributed by atoms with Crippen LogP contribution in [0.25, 0.3) is 0 Å². The van der Waals surface area contributed by atoms with E-state index in [2.05, 4.69) is 0 Å². The van der Waals surface area contributed by atoms with Crippen molar-refractivity contribution in [3.8, 4) is 0 Å². The normalized spacial score (nSPS) is 7.80. The van der Waals surface area contributed by atoms with Gasteiger partial charge in [-0.2, -0.15) is 0 Å². The largest absolute Gasteiger partial charge is 4.00 e. The average Bonchev–Trinajstić information content (AvgIpc) is 2.81. The van der Waals surface area contributed by atoms with Gasteiger partial charge in [-0.25, -0.2) is 0 Å². The predicted octanol–water partition coefficient (Wildman–Crippen LogP) is -3.25. The van der Waals surface area contributed by atoms with Crippen molar-refractivity contribution < 1.29 is 137 Å². The van der Waals surface area contributed by atoms with Gasteiger partial charge in [0, 0.05) is 41.8 Å². The van der Waals surface area contributed by atoms with Crippen molar-refractivity contribution in [1.29, 1.82) is 0 Å². The number of hydrogen-bond donors (Lipinski definition) is 0. The monoisotopic (exact) mass is 839 g/mol. The first-order valence-corrected chi connectivity index (χ1v) is 13.8. The molecule has 1 radical (unpaired) electrons. The Bertz CT molecular complexity index is 518. The van der Waals surface area contributed by atoms with Gasteiger partial charge in [0.05, 0.1) is 0 Å². The van der Waals surface area contributed by atoms with Gasteiger partial charge in [0.15, 0.2) is 0 Å². The third-order valence-corrected chi connectivity index (χ3v) is 3.18. The Morgan fingerprint density at radius 2 is 0.364 bits per heavy atom. The summed E-state index contributed by atoms with van der Waals surface area (Å²) in [5, 5.41) is 66.4. The van der Waals surface area contributed by atoms with E-state index in [4.69, 9.17) is 0 Å². The molecule has 0 fully saturated rings. The van der Waals surface area contributed by atoms with Gasteiger partial charge in [-0.05, 0) is 44.9 Å². The Morgan fingerprint density at radius 1 is 0.295 bits per heavy atom. The van der Waals surface area contributed by atoms with Gasteiger partial charge in [0.25, 0.3) is 0 Å². The maximum absolute atomic E-state index is 9.49. The van der Waals surface area contributed by atoms with Crippen LogP contribution in [0.3, 0.4) is 0 Å². The van der Waals surface area contributed by atoms with Crippen LogP contribution in [0.1, 0.15) is 138 Å². The van der Waals surface area contributed by atoms with Gasteiger partial charge in [0.2, 0.25) is 0 Å². The van der Waals surface area contributed by atoms with Gasteiger partial charge in [-0.1, -0.05) is 93.4 Å². The van der Waals surface area contributed by atoms with Crippen LogP contribution in [0, 0.1) is 41.7 Å². The summed E-state index contributed by atoms with van der Waals surface area (Å²) in [7, 11) is 0. The molecule has 0 unspecified atom stereocenters. The zero-order chi connectivity index (χ0) is 34.9. The standard InChI is InChI=1S/7C4H8O2.Ce.Zr/c7*1-2-3-4(5)6;;/h7*2-3H2,1H3,(H,5,6);;/q;;;;;;;+3;+4/p-7. The summed E-state index contributed by atoms with van der Waals surface area (Å²) in [5.41, 5.74) is 0. The summed E-state index contributed by atoms with van der Waals surface area (Å²) in [6, 6.07) is 0. The number of hydrogen-bond acceptors (Lipinski definition) is 14. The van der Waals surface area contributed by atoms with Crippen molar-refractivity contribution in [2.45, 2.75) is 138 Å². The molecule has 16 heteroatoms. The smallest absolute Gasteiger partial charge is 0.550 e. The fourth-order valence-electron chi connectivity index (χ4n) is 1.43. The van der Waals surface area contributed by atoms with E-state index < -0.39 is 41.8 Å². The molecule has 0 heterocycles. The molecule has 0 N–H and O–H groups in total. The van der Waals surface area contributed by atoms with Gasteiger partial charge in [0.1, 0.15) is 0 Å². The summed E-state index contributed by atoms with van der Waals surface area (Å²) < 4.78 is 0. The fraction of sp³-hybridized carbons (Fsp3) is 0.750. The quantitative estimate of drug-likeness (QED) is 0.166. The van der Waals surface area contributed by atoms with Crippen LogP contribution in [-0.2, 0) is 59.8 Å². The molecular weight excluding hydrogens is 792 g/mol. The van der Waals surface area contributed by atoms with Crippen molar-refractivity contribution in [2.24, 2.45) is 0 Å². The maximum atomic E-state index is 9.49. The Balaban J connectivity index is -0.0000000461. The molecule has 0 saturated heterocycles. The van der Waals surface area contributed by atoms with E-state index in [9.17, 15) is 69.3 Å². The Morgan fingerprint density at radius 3 is 0.364 bits per heavy atom. The van der Waals surface area contributed by atoms with Crippen LogP contribution in [0.2, 0.25) is 0 Å². The number of carboxylic acids is 7. The van der Waals surface area contributed by atoms with Gasteiger partial charge >= 0.3 is 68.0 Å². The SMILES string of the molecule is CCCC(=O)[O-].CCCC(=O)[O-].CCCC(=O)[O-].CCCC(=O)[O-].CCCC(=O)[O-].CCCC(=O)[O-].CCCC(=O)[O-].[Ce+3].[Zr+4]. The summed E-state index contributed by atoms with van der Waals surface area (Å²) in [4.78, 5) is 66.4.